The average molecular weight is 200 g/mol. The number of amidine groups is 1. The Morgan fingerprint density at radius 3 is 2.85 bits per heavy atom. The minimum Gasteiger partial charge on any atom is -0.409 e. The smallest absolute Gasteiger partial charge is 0.158 e. The van der Waals surface area contributed by atoms with Crippen LogP contribution in [0.5, 0.6) is 0 Å². The Hall–Kier alpha value is -1.42. The largest absolute Gasteiger partial charge is 0.409 e. The van der Waals surface area contributed by atoms with Gasteiger partial charge < -0.3 is 16.3 Å². The standard InChI is InChI=1S/C8H10ClN3O/c9-6-3-1-2-4-7(6)11-5-8(10)12-13/h1-4,11,13H,5H2,(H2,10,12). The van der Waals surface area contributed by atoms with E-state index in [9.17, 15) is 0 Å². The van der Waals surface area contributed by atoms with Crippen molar-refractivity contribution in [1.29, 1.82) is 0 Å². The lowest BCUT2D eigenvalue weighted by atomic mass is 10.3. The van der Waals surface area contributed by atoms with Gasteiger partial charge in [-0.25, -0.2) is 0 Å². The molecule has 0 saturated carbocycles. The molecule has 1 aromatic carbocycles. The monoisotopic (exact) mass is 199 g/mol. The molecule has 0 saturated heterocycles. The fourth-order valence-electron chi connectivity index (χ4n) is 0.826. The maximum absolute atomic E-state index is 8.27. The molecule has 0 bridgehead atoms. The first-order valence-corrected chi connectivity index (χ1v) is 4.06. The number of nitrogens with one attached hydrogen (secondary N) is 1. The summed E-state index contributed by atoms with van der Waals surface area (Å²) in [5, 5.41) is 14.6. The fraction of sp³-hybridized carbons (Fsp3) is 0.125. The summed E-state index contributed by atoms with van der Waals surface area (Å²) in [5.41, 5.74) is 6.03. The molecule has 0 aliphatic carbocycles. The van der Waals surface area contributed by atoms with Gasteiger partial charge in [0.1, 0.15) is 0 Å². The minimum atomic E-state index is 0.111. The summed E-state index contributed by atoms with van der Waals surface area (Å²) in [6.07, 6.45) is 0. The van der Waals surface area contributed by atoms with E-state index in [0.29, 0.717) is 5.02 Å². The van der Waals surface area contributed by atoms with Gasteiger partial charge >= 0.3 is 0 Å². The normalized spacial score (nSPS) is 11.3. The number of oxime groups is 1. The van der Waals surface area contributed by atoms with Crippen molar-refractivity contribution in [2.45, 2.75) is 0 Å². The lowest BCUT2D eigenvalue weighted by Crippen LogP contribution is -2.22. The van der Waals surface area contributed by atoms with Gasteiger partial charge in [0.05, 0.1) is 17.3 Å². The molecule has 1 aromatic rings. The number of anilines is 1. The summed E-state index contributed by atoms with van der Waals surface area (Å²) in [6, 6.07) is 7.25. The molecule has 0 fully saturated rings. The van der Waals surface area contributed by atoms with Crippen LogP contribution in [0.3, 0.4) is 0 Å². The van der Waals surface area contributed by atoms with Gasteiger partial charge in [0.2, 0.25) is 0 Å². The Kier molecular flexibility index (Phi) is 3.40. The van der Waals surface area contributed by atoms with E-state index in [1.807, 2.05) is 18.2 Å². The molecule has 13 heavy (non-hydrogen) atoms. The highest BCUT2D eigenvalue weighted by Crippen LogP contribution is 2.19. The van der Waals surface area contributed by atoms with Gasteiger partial charge in [-0.15, -0.1) is 0 Å². The van der Waals surface area contributed by atoms with Crippen molar-refractivity contribution in [1.82, 2.24) is 0 Å². The van der Waals surface area contributed by atoms with Gasteiger partial charge in [-0.05, 0) is 12.1 Å². The van der Waals surface area contributed by atoms with Crippen LogP contribution >= 0.6 is 11.6 Å². The van der Waals surface area contributed by atoms with Gasteiger partial charge in [0, 0.05) is 0 Å². The molecule has 0 radical (unpaired) electrons. The van der Waals surface area contributed by atoms with E-state index < -0.39 is 0 Å². The molecular weight excluding hydrogens is 190 g/mol. The molecule has 4 nitrogen and oxygen atoms in total. The van der Waals surface area contributed by atoms with Crippen LogP contribution in [-0.2, 0) is 0 Å². The van der Waals surface area contributed by atoms with Crippen LogP contribution < -0.4 is 11.1 Å². The predicted octanol–water partition coefficient (Wildman–Crippen LogP) is 1.50. The van der Waals surface area contributed by atoms with Crippen LogP contribution in [-0.4, -0.2) is 17.6 Å². The zero-order valence-corrected chi connectivity index (χ0v) is 7.62. The molecule has 0 spiro atoms. The van der Waals surface area contributed by atoms with Crippen LogP contribution in [0.15, 0.2) is 29.4 Å². The van der Waals surface area contributed by atoms with E-state index in [1.165, 1.54) is 0 Å². The van der Waals surface area contributed by atoms with Crippen molar-refractivity contribution in [3.05, 3.63) is 29.3 Å². The highest BCUT2D eigenvalue weighted by Gasteiger charge is 1.98. The van der Waals surface area contributed by atoms with E-state index in [4.69, 9.17) is 22.5 Å². The third-order valence-electron chi connectivity index (χ3n) is 1.46. The quantitative estimate of drug-likeness (QED) is 0.299. The number of halogens is 1. The van der Waals surface area contributed by atoms with Crippen LogP contribution in [0.2, 0.25) is 5.02 Å². The number of para-hydroxylation sites is 1. The van der Waals surface area contributed by atoms with E-state index in [-0.39, 0.29) is 12.4 Å². The molecule has 0 aliphatic heterocycles. The molecule has 1 rings (SSSR count). The molecule has 0 aliphatic rings. The topological polar surface area (TPSA) is 70.6 Å². The number of hydrogen-bond acceptors (Lipinski definition) is 3. The fourth-order valence-corrected chi connectivity index (χ4v) is 1.03. The molecule has 0 amide bonds. The lowest BCUT2D eigenvalue weighted by molar-refractivity contribution is 0.317. The second-order valence-corrected chi connectivity index (χ2v) is 2.83. The molecule has 0 aromatic heterocycles. The highest BCUT2D eigenvalue weighted by atomic mass is 35.5. The number of benzene rings is 1. The maximum Gasteiger partial charge on any atom is 0.158 e. The Balaban J connectivity index is 2.60. The van der Waals surface area contributed by atoms with Gasteiger partial charge in [-0.3, -0.25) is 0 Å². The van der Waals surface area contributed by atoms with E-state index >= 15 is 0 Å². The van der Waals surface area contributed by atoms with Crippen LogP contribution in [0, 0.1) is 0 Å². The average Bonchev–Trinajstić information content (AvgIpc) is 2.16. The van der Waals surface area contributed by atoms with Crippen molar-refractivity contribution in [3.8, 4) is 0 Å². The third-order valence-corrected chi connectivity index (χ3v) is 1.79. The van der Waals surface area contributed by atoms with Crippen LogP contribution in [0.1, 0.15) is 0 Å². The van der Waals surface area contributed by atoms with Gasteiger partial charge in [0.15, 0.2) is 5.84 Å². The van der Waals surface area contributed by atoms with E-state index in [0.717, 1.165) is 5.69 Å². The molecule has 0 heterocycles. The van der Waals surface area contributed by atoms with Crippen LogP contribution in [0.25, 0.3) is 0 Å². The molecule has 70 valence electrons. The summed E-state index contributed by atoms with van der Waals surface area (Å²) in [6.45, 7) is 0.264. The maximum atomic E-state index is 8.27. The van der Waals surface area contributed by atoms with Crippen molar-refractivity contribution < 1.29 is 5.21 Å². The lowest BCUT2D eigenvalue weighted by Gasteiger charge is -2.05. The van der Waals surface area contributed by atoms with E-state index in [2.05, 4.69) is 10.5 Å². The van der Waals surface area contributed by atoms with Crippen LogP contribution in [0.4, 0.5) is 5.69 Å². The van der Waals surface area contributed by atoms with E-state index in [1.54, 1.807) is 6.07 Å². The molecule has 4 N–H and O–H groups in total. The van der Waals surface area contributed by atoms with Gasteiger partial charge in [-0.1, -0.05) is 28.9 Å². The molecule has 5 heteroatoms. The predicted molar refractivity (Wildman–Crippen MR) is 53.4 cm³/mol. The Labute approximate surface area is 81.0 Å². The second-order valence-electron chi connectivity index (χ2n) is 2.42. The summed E-state index contributed by atoms with van der Waals surface area (Å²) in [4.78, 5) is 0. The minimum absolute atomic E-state index is 0.111. The first-order chi connectivity index (χ1) is 6.24. The molecule has 0 unspecified atom stereocenters. The van der Waals surface area contributed by atoms with Crippen molar-refractivity contribution in [2.75, 3.05) is 11.9 Å². The summed E-state index contributed by atoms with van der Waals surface area (Å²) in [7, 11) is 0. The first kappa shape index (κ1) is 9.67. The Bertz CT molecular complexity index is 314. The second kappa shape index (κ2) is 4.57. The number of hydrogen-bond donors (Lipinski definition) is 3. The number of nitrogens with two attached hydrogens (primary N) is 1. The zero-order valence-electron chi connectivity index (χ0n) is 6.87. The summed E-state index contributed by atoms with van der Waals surface area (Å²) >= 11 is 5.85. The third kappa shape index (κ3) is 2.83. The van der Waals surface area contributed by atoms with Crippen molar-refractivity contribution in [2.24, 2.45) is 10.9 Å². The summed E-state index contributed by atoms with van der Waals surface area (Å²) < 4.78 is 0. The Morgan fingerprint density at radius 2 is 2.23 bits per heavy atom. The molecule has 0 atom stereocenters. The zero-order chi connectivity index (χ0) is 9.68. The van der Waals surface area contributed by atoms with Crippen molar-refractivity contribution in [3.63, 3.8) is 0 Å². The molecular formula is C8H10ClN3O. The van der Waals surface area contributed by atoms with Gasteiger partial charge in [-0.2, -0.15) is 0 Å². The van der Waals surface area contributed by atoms with Gasteiger partial charge in [0.25, 0.3) is 0 Å². The first-order valence-electron chi connectivity index (χ1n) is 3.69. The number of rotatable bonds is 3. The Morgan fingerprint density at radius 1 is 1.54 bits per heavy atom. The SMILES string of the molecule is NC(CNc1ccccc1Cl)=NO. The van der Waals surface area contributed by atoms with Crippen molar-refractivity contribution >= 4 is 23.1 Å². The highest BCUT2D eigenvalue weighted by molar-refractivity contribution is 6.33. The summed E-state index contributed by atoms with van der Waals surface area (Å²) in [5.74, 6) is 0.111. The number of nitrogens with zero attached hydrogens (tertiary/aromatic N) is 1.